The summed E-state index contributed by atoms with van der Waals surface area (Å²) in [5.41, 5.74) is 0. The Balaban J connectivity index is 0. The summed E-state index contributed by atoms with van der Waals surface area (Å²) in [6.07, 6.45) is 0. The fourth-order valence-electron chi connectivity index (χ4n) is 0.273. The predicted octanol–water partition coefficient (Wildman–Crippen LogP) is 1.43. The van der Waals surface area contributed by atoms with Crippen molar-refractivity contribution in [2.24, 2.45) is 0 Å². The average molecular weight is 199 g/mol. The number of amidine groups is 1. The zero-order valence-corrected chi connectivity index (χ0v) is 7.54. The summed E-state index contributed by atoms with van der Waals surface area (Å²) < 4.78 is 0. The van der Waals surface area contributed by atoms with Crippen LogP contribution in [0.5, 0.6) is 0 Å². The maximum atomic E-state index is 6.78. The topological polar surface area (TPSA) is 35.9 Å². The third-order valence-corrected chi connectivity index (χ3v) is 0.554. The van der Waals surface area contributed by atoms with Gasteiger partial charge in [-0.25, -0.2) is 0 Å². The largest absolute Gasteiger partial charge is 0.363 e. The Morgan fingerprint density at radius 1 is 1.62 bits per heavy atom. The van der Waals surface area contributed by atoms with Crippen molar-refractivity contribution in [3.05, 3.63) is 0 Å². The van der Waals surface area contributed by atoms with E-state index in [4.69, 9.17) is 5.41 Å². The first-order valence-electron chi connectivity index (χ1n) is 2.17. The molecular weight excluding hydrogens is 188 g/mol. The Kier molecular flexibility index (Phi) is 7.57. The van der Waals surface area contributed by atoms with E-state index in [0.29, 0.717) is 6.04 Å². The molecule has 0 unspecified atom stereocenters. The van der Waals surface area contributed by atoms with Gasteiger partial charge in [-0.3, -0.25) is 5.41 Å². The minimum atomic E-state index is 0. The molecule has 0 radical (unpaired) electrons. The second-order valence-corrected chi connectivity index (χ2v) is 2.09. The molecule has 0 aromatic rings. The number of thiol groups is 1. The molecule has 2 nitrogen and oxygen atoms in total. The molecule has 0 aromatic heterocycles. The maximum absolute atomic E-state index is 6.78. The van der Waals surface area contributed by atoms with Crippen molar-refractivity contribution >= 4 is 34.8 Å². The fraction of sp³-hybridized carbons (Fsp3) is 0.750. The van der Waals surface area contributed by atoms with E-state index >= 15 is 0 Å². The monoisotopic (exact) mass is 198 g/mol. The van der Waals surface area contributed by atoms with Crippen molar-refractivity contribution in [2.45, 2.75) is 19.9 Å². The van der Waals surface area contributed by atoms with Crippen molar-refractivity contribution in [3.63, 3.8) is 0 Å². The number of hydrogen-bond donors (Lipinski definition) is 3. The Bertz CT molecular complexity index is 74.4. The van der Waals surface area contributed by atoms with Crippen LogP contribution in [0.2, 0.25) is 0 Å². The lowest BCUT2D eigenvalue weighted by Gasteiger charge is -2.03. The summed E-state index contributed by atoms with van der Waals surface area (Å²) in [5.74, 6) is 0. The second kappa shape index (κ2) is 5.44. The first-order valence-corrected chi connectivity index (χ1v) is 2.61. The van der Waals surface area contributed by atoms with E-state index in [1.807, 2.05) is 13.8 Å². The lowest BCUT2D eigenvalue weighted by atomic mass is 10.4. The molecule has 0 aliphatic carbocycles. The molecule has 0 aromatic carbocycles. The van der Waals surface area contributed by atoms with Crippen molar-refractivity contribution in [3.8, 4) is 0 Å². The molecule has 4 heteroatoms. The first kappa shape index (κ1) is 11.1. The number of hydrogen-bond acceptors (Lipinski definition) is 1. The molecule has 2 N–H and O–H groups in total. The molecule has 0 atom stereocenters. The highest BCUT2D eigenvalue weighted by atomic mass is 79.9. The Hall–Kier alpha value is 0.300. The van der Waals surface area contributed by atoms with Gasteiger partial charge >= 0.3 is 0 Å². The van der Waals surface area contributed by atoms with Gasteiger partial charge in [-0.1, -0.05) is 0 Å². The average Bonchev–Trinajstić information content (AvgIpc) is 1.27. The van der Waals surface area contributed by atoms with Gasteiger partial charge in [0, 0.05) is 6.04 Å². The third kappa shape index (κ3) is 9.57. The van der Waals surface area contributed by atoms with Crippen LogP contribution >= 0.6 is 29.6 Å². The van der Waals surface area contributed by atoms with E-state index < -0.39 is 0 Å². The Morgan fingerprint density at radius 3 is 2.00 bits per heavy atom. The molecule has 0 spiro atoms. The van der Waals surface area contributed by atoms with Crippen molar-refractivity contribution in [2.75, 3.05) is 0 Å². The number of rotatable bonds is 1. The molecule has 0 aliphatic heterocycles. The van der Waals surface area contributed by atoms with E-state index in [1.54, 1.807) is 0 Å². The van der Waals surface area contributed by atoms with Gasteiger partial charge in [-0.2, -0.15) is 0 Å². The Labute approximate surface area is 65.7 Å². The zero-order valence-electron chi connectivity index (χ0n) is 4.93. The highest BCUT2D eigenvalue weighted by Gasteiger charge is 1.88. The molecule has 0 saturated carbocycles. The fourth-order valence-corrected chi connectivity index (χ4v) is 0.532. The van der Waals surface area contributed by atoms with E-state index in [9.17, 15) is 0 Å². The van der Waals surface area contributed by atoms with Gasteiger partial charge in [0.1, 0.15) is 0 Å². The number of halogens is 1. The smallest absolute Gasteiger partial charge is 0.150 e. The van der Waals surface area contributed by atoms with Gasteiger partial charge in [0.2, 0.25) is 0 Å². The van der Waals surface area contributed by atoms with Crippen LogP contribution < -0.4 is 5.32 Å². The van der Waals surface area contributed by atoms with Crippen molar-refractivity contribution in [1.82, 2.24) is 5.32 Å². The molecule has 50 valence electrons. The quantitative estimate of drug-likeness (QED) is 0.333. The minimum Gasteiger partial charge on any atom is -0.363 e. The summed E-state index contributed by atoms with van der Waals surface area (Å²) in [4.78, 5) is 0. The van der Waals surface area contributed by atoms with Gasteiger partial charge in [0.15, 0.2) is 5.17 Å². The molecule has 8 heavy (non-hydrogen) atoms. The van der Waals surface area contributed by atoms with E-state index in [1.165, 1.54) is 0 Å². The third-order valence-electron chi connectivity index (χ3n) is 0.425. The van der Waals surface area contributed by atoms with Gasteiger partial charge in [0.25, 0.3) is 0 Å². The van der Waals surface area contributed by atoms with Crippen LogP contribution in [0.15, 0.2) is 0 Å². The molecule has 0 saturated heterocycles. The highest BCUT2D eigenvalue weighted by molar-refractivity contribution is 8.93. The molecule has 0 rings (SSSR count). The van der Waals surface area contributed by atoms with Crippen LogP contribution in [-0.4, -0.2) is 11.2 Å². The van der Waals surface area contributed by atoms with E-state index in [-0.39, 0.29) is 22.1 Å². The molecule has 0 amide bonds. The molecular formula is C4H11BrN2S. The van der Waals surface area contributed by atoms with Gasteiger partial charge < -0.3 is 5.32 Å². The second-order valence-electron chi connectivity index (χ2n) is 1.65. The molecule has 0 fully saturated rings. The molecule has 0 aliphatic rings. The highest BCUT2D eigenvalue weighted by Crippen LogP contribution is 1.78. The summed E-state index contributed by atoms with van der Waals surface area (Å²) >= 11 is 3.71. The van der Waals surface area contributed by atoms with Crippen LogP contribution in [0.3, 0.4) is 0 Å². The van der Waals surface area contributed by atoms with Crippen LogP contribution in [0.4, 0.5) is 0 Å². The standard InChI is InChI=1S/C4H10N2S.BrH/c1-3(2)6-4(5)7;/h3H,1-2H3,(H3,5,6,7);1H. The van der Waals surface area contributed by atoms with Crippen molar-refractivity contribution in [1.29, 1.82) is 5.41 Å². The normalized spacial score (nSPS) is 8.00. The van der Waals surface area contributed by atoms with Crippen LogP contribution in [0.25, 0.3) is 0 Å². The summed E-state index contributed by atoms with van der Waals surface area (Å²) in [6, 6.07) is 0.324. The Morgan fingerprint density at radius 2 is 2.00 bits per heavy atom. The SMILES string of the molecule is Br.CC(C)NC(=N)S. The van der Waals surface area contributed by atoms with Crippen LogP contribution in [-0.2, 0) is 0 Å². The summed E-state index contributed by atoms with van der Waals surface area (Å²) in [6.45, 7) is 3.93. The van der Waals surface area contributed by atoms with Crippen LogP contribution in [0.1, 0.15) is 13.8 Å². The zero-order chi connectivity index (χ0) is 5.86. The summed E-state index contributed by atoms with van der Waals surface area (Å²) in [7, 11) is 0. The first-order chi connectivity index (χ1) is 3.13. The van der Waals surface area contributed by atoms with Crippen molar-refractivity contribution < 1.29 is 0 Å². The minimum absolute atomic E-state index is 0. The van der Waals surface area contributed by atoms with E-state index in [0.717, 1.165) is 0 Å². The molecule has 0 heterocycles. The lowest BCUT2D eigenvalue weighted by molar-refractivity contribution is 0.738. The van der Waals surface area contributed by atoms with E-state index in [2.05, 4.69) is 17.9 Å². The predicted molar refractivity (Wildman–Crippen MR) is 45.3 cm³/mol. The van der Waals surface area contributed by atoms with Gasteiger partial charge in [-0.15, -0.1) is 29.6 Å². The van der Waals surface area contributed by atoms with Gasteiger partial charge in [-0.05, 0) is 13.8 Å². The maximum Gasteiger partial charge on any atom is 0.150 e. The number of nitrogens with one attached hydrogen (secondary N) is 2. The molecule has 0 bridgehead atoms. The lowest BCUT2D eigenvalue weighted by Crippen LogP contribution is -2.25. The summed E-state index contributed by atoms with van der Waals surface area (Å²) in [5, 5.41) is 9.76. The van der Waals surface area contributed by atoms with Crippen LogP contribution in [0, 0.1) is 5.41 Å². The van der Waals surface area contributed by atoms with Gasteiger partial charge in [0.05, 0.1) is 0 Å².